The standard InChI is InChI=1S/C11H16ClNO2/c1-8-2-3-9(11(12)4-8)5-13-10(6-14)7-15/h2-4,10,13-15H,5-7H2,1H3. The van der Waals surface area contributed by atoms with Gasteiger partial charge in [0, 0.05) is 11.6 Å². The van der Waals surface area contributed by atoms with Crippen molar-refractivity contribution in [2.45, 2.75) is 19.5 Å². The molecular weight excluding hydrogens is 214 g/mol. The maximum Gasteiger partial charge on any atom is 0.0607 e. The lowest BCUT2D eigenvalue weighted by Gasteiger charge is -2.14. The Bertz CT molecular complexity index is 313. The van der Waals surface area contributed by atoms with Gasteiger partial charge in [-0.1, -0.05) is 23.7 Å². The number of hydrogen-bond donors (Lipinski definition) is 3. The molecule has 0 saturated carbocycles. The lowest BCUT2D eigenvalue weighted by molar-refractivity contribution is 0.170. The van der Waals surface area contributed by atoms with Crippen LogP contribution in [0.5, 0.6) is 0 Å². The van der Waals surface area contributed by atoms with E-state index in [1.807, 2.05) is 25.1 Å². The van der Waals surface area contributed by atoms with Crippen molar-refractivity contribution in [2.24, 2.45) is 0 Å². The average Bonchev–Trinajstić information content (AvgIpc) is 2.22. The average molecular weight is 230 g/mol. The SMILES string of the molecule is Cc1ccc(CNC(CO)CO)c(Cl)c1. The fourth-order valence-corrected chi connectivity index (χ4v) is 1.54. The molecule has 0 aliphatic carbocycles. The van der Waals surface area contributed by atoms with Crippen molar-refractivity contribution >= 4 is 11.6 Å². The third kappa shape index (κ3) is 3.80. The molecule has 84 valence electrons. The highest BCUT2D eigenvalue weighted by Crippen LogP contribution is 2.17. The summed E-state index contributed by atoms with van der Waals surface area (Å²) in [5.74, 6) is 0. The van der Waals surface area contributed by atoms with Crippen LogP contribution in [0.15, 0.2) is 18.2 Å². The van der Waals surface area contributed by atoms with Crippen LogP contribution in [-0.4, -0.2) is 29.5 Å². The Balaban J connectivity index is 2.57. The first-order valence-corrected chi connectivity index (χ1v) is 5.25. The van der Waals surface area contributed by atoms with E-state index in [1.54, 1.807) is 0 Å². The second-order valence-corrected chi connectivity index (χ2v) is 3.95. The van der Waals surface area contributed by atoms with Gasteiger partial charge in [0.05, 0.1) is 19.3 Å². The van der Waals surface area contributed by atoms with Crippen LogP contribution in [0.3, 0.4) is 0 Å². The minimum atomic E-state index is -0.289. The molecular formula is C11H16ClNO2. The number of aliphatic hydroxyl groups excluding tert-OH is 2. The van der Waals surface area contributed by atoms with E-state index in [0.717, 1.165) is 11.1 Å². The van der Waals surface area contributed by atoms with Gasteiger partial charge in [-0.05, 0) is 24.1 Å². The molecule has 0 bridgehead atoms. The molecule has 3 nitrogen and oxygen atoms in total. The molecule has 0 heterocycles. The topological polar surface area (TPSA) is 52.5 Å². The van der Waals surface area contributed by atoms with Crippen molar-refractivity contribution in [3.63, 3.8) is 0 Å². The first-order valence-electron chi connectivity index (χ1n) is 4.87. The number of aryl methyl sites for hydroxylation is 1. The fraction of sp³-hybridized carbons (Fsp3) is 0.455. The van der Waals surface area contributed by atoms with Crippen LogP contribution >= 0.6 is 11.6 Å². The largest absolute Gasteiger partial charge is 0.395 e. The number of hydrogen-bond acceptors (Lipinski definition) is 3. The smallest absolute Gasteiger partial charge is 0.0607 e. The second kappa shape index (κ2) is 6.08. The van der Waals surface area contributed by atoms with Crippen molar-refractivity contribution in [3.05, 3.63) is 34.3 Å². The summed E-state index contributed by atoms with van der Waals surface area (Å²) in [6.07, 6.45) is 0. The summed E-state index contributed by atoms with van der Waals surface area (Å²) in [5, 5.41) is 21.4. The lowest BCUT2D eigenvalue weighted by atomic mass is 10.1. The van der Waals surface area contributed by atoms with Crippen LogP contribution < -0.4 is 5.32 Å². The Hall–Kier alpha value is -0.610. The van der Waals surface area contributed by atoms with Crippen LogP contribution in [0.25, 0.3) is 0 Å². The molecule has 0 fully saturated rings. The molecule has 1 aromatic rings. The lowest BCUT2D eigenvalue weighted by Crippen LogP contribution is -2.35. The van der Waals surface area contributed by atoms with Gasteiger partial charge in [-0.2, -0.15) is 0 Å². The van der Waals surface area contributed by atoms with E-state index in [9.17, 15) is 0 Å². The predicted octanol–water partition coefficient (Wildman–Crippen LogP) is 1.09. The zero-order chi connectivity index (χ0) is 11.3. The first kappa shape index (κ1) is 12.5. The van der Waals surface area contributed by atoms with Gasteiger partial charge in [-0.25, -0.2) is 0 Å². The monoisotopic (exact) mass is 229 g/mol. The van der Waals surface area contributed by atoms with E-state index in [-0.39, 0.29) is 19.3 Å². The third-order valence-electron chi connectivity index (χ3n) is 2.23. The van der Waals surface area contributed by atoms with E-state index >= 15 is 0 Å². The molecule has 1 rings (SSSR count). The molecule has 3 N–H and O–H groups in total. The third-order valence-corrected chi connectivity index (χ3v) is 2.58. The van der Waals surface area contributed by atoms with Gasteiger partial charge < -0.3 is 15.5 Å². The van der Waals surface area contributed by atoms with Crippen LogP contribution in [0, 0.1) is 6.92 Å². The van der Waals surface area contributed by atoms with E-state index in [0.29, 0.717) is 11.6 Å². The van der Waals surface area contributed by atoms with Crippen LogP contribution in [0.4, 0.5) is 0 Å². The van der Waals surface area contributed by atoms with Gasteiger partial charge in [-0.15, -0.1) is 0 Å². The van der Waals surface area contributed by atoms with Gasteiger partial charge >= 0.3 is 0 Å². The predicted molar refractivity (Wildman–Crippen MR) is 61.0 cm³/mol. The van der Waals surface area contributed by atoms with Crippen molar-refractivity contribution < 1.29 is 10.2 Å². The number of aliphatic hydroxyl groups is 2. The van der Waals surface area contributed by atoms with Crippen molar-refractivity contribution in [1.29, 1.82) is 0 Å². The molecule has 0 radical (unpaired) electrons. The van der Waals surface area contributed by atoms with E-state index < -0.39 is 0 Å². The summed E-state index contributed by atoms with van der Waals surface area (Å²) >= 11 is 6.03. The van der Waals surface area contributed by atoms with Gasteiger partial charge in [0.1, 0.15) is 0 Å². The normalized spacial score (nSPS) is 11.0. The zero-order valence-electron chi connectivity index (χ0n) is 8.70. The summed E-state index contributed by atoms with van der Waals surface area (Å²) in [4.78, 5) is 0. The molecule has 0 aliphatic rings. The van der Waals surface area contributed by atoms with Gasteiger partial charge in [0.25, 0.3) is 0 Å². The molecule has 4 heteroatoms. The Morgan fingerprint density at radius 1 is 1.33 bits per heavy atom. The number of nitrogens with one attached hydrogen (secondary N) is 1. The van der Waals surface area contributed by atoms with Crippen molar-refractivity contribution in [2.75, 3.05) is 13.2 Å². The summed E-state index contributed by atoms with van der Waals surface area (Å²) in [5.41, 5.74) is 2.08. The fourth-order valence-electron chi connectivity index (χ4n) is 1.24. The Morgan fingerprint density at radius 2 is 2.00 bits per heavy atom. The minimum Gasteiger partial charge on any atom is -0.395 e. The highest BCUT2D eigenvalue weighted by molar-refractivity contribution is 6.31. The summed E-state index contributed by atoms with van der Waals surface area (Å²) in [6, 6.07) is 5.53. The maximum absolute atomic E-state index is 8.86. The quantitative estimate of drug-likeness (QED) is 0.709. The number of rotatable bonds is 5. The van der Waals surface area contributed by atoms with E-state index in [4.69, 9.17) is 21.8 Å². The van der Waals surface area contributed by atoms with Crippen molar-refractivity contribution in [3.8, 4) is 0 Å². The zero-order valence-corrected chi connectivity index (χ0v) is 9.46. The summed E-state index contributed by atoms with van der Waals surface area (Å²) in [7, 11) is 0. The molecule has 1 aromatic carbocycles. The maximum atomic E-state index is 8.86. The second-order valence-electron chi connectivity index (χ2n) is 3.54. The number of benzene rings is 1. The molecule has 0 unspecified atom stereocenters. The van der Waals surface area contributed by atoms with Gasteiger partial charge in [-0.3, -0.25) is 0 Å². The molecule has 0 atom stereocenters. The molecule has 0 aromatic heterocycles. The molecule has 15 heavy (non-hydrogen) atoms. The Labute approximate surface area is 94.7 Å². The molecule has 0 saturated heterocycles. The highest BCUT2D eigenvalue weighted by atomic mass is 35.5. The Kier molecular flexibility index (Phi) is 5.05. The Morgan fingerprint density at radius 3 is 2.53 bits per heavy atom. The highest BCUT2D eigenvalue weighted by Gasteiger charge is 2.06. The van der Waals surface area contributed by atoms with Gasteiger partial charge in [0.2, 0.25) is 0 Å². The summed E-state index contributed by atoms with van der Waals surface area (Å²) in [6.45, 7) is 2.36. The minimum absolute atomic E-state index is 0.0834. The van der Waals surface area contributed by atoms with Crippen molar-refractivity contribution in [1.82, 2.24) is 5.32 Å². The van der Waals surface area contributed by atoms with Gasteiger partial charge in [0.15, 0.2) is 0 Å². The van der Waals surface area contributed by atoms with Crippen LogP contribution in [-0.2, 0) is 6.54 Å². The van der Waals surface area contributed by atoms with E-state index in [2.05, 4.69) is 5.32 Å². The number of halogens is 1. The molecule has 0 aliphatic heterocycles. The summed E-state index contributed by atoms with van der Waals surface area (Å²) < 4.78 is 0. The van der Waals surface area contributed by atoms with E-state index in [1.165, 1.54) is 0 Å². The molecule has 0 amide bonds. The first-order chi connectivity index (χ1) is 7.17. The molecule has 0 spiro atoms. The van der Waals surface area contributed by atoms with Crippen LogP contribution in [0.2, 0.25) is 5.02 Å². The van der Waals surface area contributed by atoms with Crippen LogP contribution in [0.1, 0.15) is 11.1 Å².